The zero-order chi connectivity index (χ0) is 17.6. The van der Waals surface area contributed by atoms with E-state index in [9.17, 15) is 0 Å². The Morgan fingerprint density at radius 3 is 2.24 bits per heavy atom. The fourth-order valence-electron chi connectivity index (χ4n) is 2.57. The van der Waals surface area contributed by atoms with Gasteiger partial charge in [0.15, 0.2) is 0 Å². The van der Waals surface area contributed by atoms with Gasteiger partial charge in [0.25, 0.3) is 0 Å². The van der Waals surface area contributed by atoms with Crippen molar-refractivity contribution in [3.8, 4) is 0 Å². The van der Waals surface area contributed by atoms with Crippen LogP contribution in [0.3, 0.4) is 0 Å². The molecule has 5 heteroatoms. The quantitative estimate of drug-likeness (QED) is 0.674. The van der Waals surface area contributed by atoms with Gasteiger partial charge in [-0.25, -0.2) is 9.97 Å². The van der Waals surface area contributed by atoms with Gasteiger partial charge in [-0.3, -0.25) is 4.98 Å². The van der Waals surface area contributed by atoms with E-state index in [1.165, 1.54) is 5.56 Å². The van der Waals surface area contributed by atoms with E-state index in [-0.39, 0.29) is 0 Å². The first kappa shape index (κ1) is 16.9. The normalized spacial score (nSPS) is 10.7. The predicted molar refractivity (Wildman–Crippen MR) is 103 cm³/mol. The van der Waals surface area contributed by atoms with Crippen LogP contribution >= 0.6 is 0 Å². The molecule has 0 saturated carbocycles. The number of hydrogen-bond donors (Lipinski definition) is 2. The Hall–Kier alpha value is -2.95. The van der Waals surface area contributed by atoms with Crippen molar-refractivity contribution >= 4 is 23.0 Å². The second-order valence-corrected chi connectivity index (χ2v) is 6.47. The number of benzene rings is 1. The van der Waals surface area contributed by atoms with E-state index < -0.39 is 0 Å². The van der Waals surface area contributed by atoms with E-state index in [2.05, 4.69) is 63.7 Å². The number of hydrogen-bond acceptors (Lipinski definition) is 5. The van der Waals surface area contributed by atoms with Gasteiger partial charge in [0.05, 0.1) is 17.6 Å². The molecular formula is C20H23N5. The number of anilines is 4. The summed E-state index contributed by atoms with van der Waals surface area (Å²) in [5.41, 5.74) is 5.05. The molecule has 0 atom stereocenters. The largest absolute Gasteiger partial charge is 0.353 e. The molecule has 0 fully saturated rings. The maximum atomic E-state index is 4.54. The number of nitrogens with one attached hydrogen (secondary N) is 2. The first-order chi connectivity index (χ1) is 12.1. The highest BCUT2D eigenvalue weighted by Crippen LogP contribution is 2.21. The van der Waals surface area contributed by atoms with Crippen molar-refractivity contribution in [2.75, 3.05) is 10.6 Å². The Balaban J connectivity index is 1.68. The molecule has 2 heterocycles. The fourth-order valence-corrected chi connectivity index (χ4v) is 2.57. The third-order valence-corrected chi connectivity index (χ3v) is 3.79. The summed E-state index contributed by atoms with van der Waals surface area (Å²) in [6.07, 6.45) is 6.37. The standard InChI is InChI=1S/C20H23N5/c1-14(2)12-16-4-6-17(7-5-16)25-20-22-13-19(15(3)23-20)24-18-8-10-21-11-9-18/h4-11,13-14H,12H2,1-3H3,(H,21,24)(H,22,23,25). The van der Waals surface area contributed by atoms with Crippen LogP contribution in [0, 0.1) is 12.8 Å². The molecule has 25 heavy (non-hydrogen) atoms. The smallest absolute Gasteiger partial charge is 0.227 e. The van der Waals surface area contributed by atoms with Crippen LogP contribution < -0.4 is 10.6 Å². The van der Waals surface area contributed by atoms with E-state index >= 15 is 0 Å². The van der Waals surface area contributed by atoms with Gasteiger partial charge in [-0.1, -0.05) is 26.0 Å². The lowest BCUT2D eigenvalue weighted by Crippen LogP contribution is -2.02. The van der Waals surface area contributed by atoms with Gasteiger partial charge in [0.2, 0.25) is 5.95 Å². The van der Waals surface area contributed by atoms with Gasteiger partial charge in [-0.05, 0) is 49.1 Å². The van der Waals surface area contributed by atoms with Crippen molar-refractivity contribution in [3.63, 3.8) is 0 Å². The van der Waals surface area contributed by atoms with Crippen LogP contribution in [0.2, 0.25) is 0 Å². The molecule has 0 unspecified atom stereocenters. The predicted octanol–water partition coefficient (Wildman–Crippen LogP) is 4.87. The van der Waals surface area contributed by atoms with E-state index in [1.807, 2.05) is 19.1 Å². The van der Waals surface area contributed by atoms with Gasteiger partial charge in [-0.2, -0.15) is 0 Å². The maximum absolute atomic E-state index is 4.54. The molecule has 0 aliphatic heterocycles. The van der Waals surface area contributed by atoms with E-state index in [1.54, 1.807) is 18.6 Å². The van der Waals surface area contributed by atoms with Crippen LogP contribution in [-0.4, -0.2) is 15.0 Å². The van der Waals surface area contributed by atoms with Crippen molar-refractivity contribution < 1.29 is 0 Å². The van der Waals surface area contributed by atoms with E-state index in [0.29, 0.717) is 11.9 Å². The lowest BCUT2D eigenvalue weighted by molar-refractivity contribution is 0.647. The van der Waals surface area contributed by atoms with Crippen LogP contribution in [-0.2, 0) is 6.42 Å². The fraction of sp³-hybridized carbons (Fsp3) is 0.250. The SMILES string of the molecule is Cc1nc(Nc2ccc(CC(C)C)cc2)ncc1Nc1ccncc1. The molecule has 0 aliphatic rings. The lowest BCUT2D eigenvalue weighted by Gasteiger charge is -2.11. The molecule has 3 rings (SSSR count). The van der Waals surface area contributed by atoms with Crippen molar-refractivity contribution in [2.45, 2.75) is 27.2 Å². The van der Waals surface area contributed by atoms with E-state index in [0.717, 1.165) is 29.2 Å². The van der Waals surface area contributed by atoms with Crippen molar-refractivity contribution in [1.82, 2.24) is 15.0 Å². The first-order valence-electron chi connectivity index (χ1n) is 8.47. The summed E-state index contributed by atoms with van der Waals surface area (Å²) in [5.74, 6) is 1.25. The van der Waals surface area contributed by atoms with Gasteiger partial charge < -0.3 is 10.6 Å². The molecular weight excluding hydrogens is 310 g/mol. The molecule has 2 aromatic heterocycles. The molecule has 1 aromatic carbocycles. The van der Waals surface area contributed by atoms with Gasteiger partial charge in [0, 0.05) is 23.8 Å². The molecule has 128 valence electrons. The molecule has 5 nitrogen and oxygen atoms in total. The summed E-state index contributed by atoms with van der Waals surface area (Å²) >= 11 is 0. The summed E-state index contributed by atoms with van der Waals surface area (Å²) < 4.78 is 0. The lowest BCUT2D eigenvalue weighted by atomic mass is 10.0. The zero-order valence-electron chi connectivity index (χ0n) is 14.8. The van der Waals surface area contributed by atoms with Crippen LogP contribution in [0.4, 0.5) is 23.0 Å². The molecule has 2 N–H and O–H groups in total. The van der Waals surface area contributed by atoms with Crippen molar-refractivity contribution in [1.29, 1.82) is 0 Å². The van der Waals surface area contributed by atoms with Crippen LogP contribution in [0.1, 0.15) is 25.1 Å². The Morgan fingerprint density at radius 1 is 0.920 bits per heavy atom. The Morgan fingerprint density at radius 2 is 1.60 bits per heavy atom. The third kappa shape index (κ3) is 4.76. The summed E-state index contributed by atoms with van der Waals surface area (Å²) in [7, 11) is 0. The van der Waals surface area contributed by atoms with Gasteiger partial charge in [-0.15, -0.1) is 0 Å². The molecule has 0 amide bonds. The van der Waals surface area contributed by atoms with Crippen molar-refractivity contribution in [2.24, 2.45) is 5.92 Å². The van der Waals surface area contributed by atoms with E-state index in [4.69, 9.17) is 0 Å². The average Bonchev–Trinajstić information content (AvgIpc) is 2.60. The molecule has 0 spiro atoms. The molecule has 0 bridgehead atoms. The number of aromatic nitrogens is 3. The summed E-state index contributed by atoms with van der Waals surface area (Å²) in [6.45, 7) is 6.41. The second-order valence-electron chi connectivity index (χ2n) is 6.47. The minimum absolute atomic E-state index is 0.592. The second kappa shape index (κ2) is 7.75. The minimum atomic E-state index is 0.592. The molecule has 0 radical (unpaired) electrons. The summed E-state index contributed by atoms with van der Waals surface area (Å²) in [4.78, 5) is 12.9. The third-order valence-electron chi connectivity index (χ3n) is 3.79. The van der Waals surface area contributed by atoms with Gasteiger partial charge >= 0.3 is 0 Å². The zero-order valence-corrected chi connectivity index (χ0v) is 14.8. The first-order valence-corrected chi connectivity index (χ1v) is 8.47. The number of nitrogens with zero attached hydrogens (tertiary/aromatic N) is 3. The highest BCUT2D eigenvalue weighted by Gasteiger charge is 2.05. The average molecular weight is 333 g/mol. The summed E-state index contributed by atoms with van der Waals surface area (Å²) in [5, 5.41) is 6.55. The Labute approximate surface area is 148 Å². The van der Waals surface area contributed by atoms with Crippen LogP contribution in [0.15, 0.2) is 55.0 Å². The molecule has 0 aliphatic carbocycles. The number of aryl methyl sites for hydroxylation is 1. The summed E-state index contributed by atoms with van der Waals surface area (Å²) in [6, 6.07) is 12.2. The molecule has 0 saturated heterocycles. The monoisotopic (exact) mass is 333 g/mol. The van der Waals surface area contributed by atoms with Crippen molar-refractivity contribution in [3.05, 3.63) is 66.2 Å². The topological polar surface area (TPSA) is 62.7 Å². The Bertz CT molecular complexity index is 813. The number of pyridine rings is 1. The van der Waals surface area contributed by atoms with Gasteiger partial charge in [0.1, 0.15) is 0 Å². The Kier molecular flexibility index (Phi) is 5.23. The van der Waals surface area contributed by atoms with Crippen LogP contribution in [0.5, 0.6) is 0 Å². The molecule has 3 aromatic rings. The highest BCUT2D eigenvalue weighted by atomic mass is 15.1. The maximum Gasteiger partial charge on any atom is 0.227 e. The highest BCUT2D eigenvalue weighted by molar-refractivity contribution is 5.62. The van der Waals surface area contributed by atoms with Crippen LogP contribution in [0.25, 0.3) is 0 Å². The number of rotatable bonds is 6. The minimum Gasteiger partial charge on any atom is -0.353 e.